The van der Waals surface area contributed by atoms with Crippen molar-refractivity contribution in [2.45, 2.75) is 20.0 Å². The molecule has 0 aliphatic carbocycles. The van der Waals surface area contributed by atoms with Crippen LogP contribution >= 0.6 is 22.7 Å². The molecule has 0 atom stereocenters. The smallest absolute Gasteiger partial charge is 0.143 e. The molecule has 2 rings (SSSR count). The highest BCUT2D eigenvalue weighted by Gasteiger charge is 2.07. The van der Waals surface area contributed by atoms with E-state index < -0.39 is 0 Å². The Kier molecular flexibility index (Phi) is 2.90. The Morgan fingerprint density at radius 3 is 2.71 bits per heavy atom. The largest absolute Gasteiger partial charge is 0.390 e. The molecule has 2 aromatic rings. The summed E-state index contributed by atoms with van der Waals surface area (Å²) in [4.78, 5) is 8.69. The van der Waals surface area contributed by atoms with Gasteiger partial charge in [-0.05, 0) is 6.42 Å². The third kappa shape index (κ3) is 1.84. The highest BCUT2D eigenvalue weighted by Crippen LogP contribution is 2.25. The van der Waals surface area contributed by atoms with Gasteiger partial charge in [-0.25, -0.2) is 9.97 Å². The van der Waals surface area contributed by atoms with Crippen molar-refractivity contribution in [1.29, 1.82) is 0 Å². The first kappa shape index (κ1) is 9.76. The van der Waals surface area contributed by atoms with E-state index in [-0.39, 0.29) is 6.61 Å². The van der Waals surface area contributed by atoms with Crippen LogP contribution in [0.1, 0.15) is 17.6 Å². The third-order valence-corrected chi connectivity index (χ3v) is 3.69. The second kappa shape index (κ2) is 4.16. The van der Waals surface area contributed by atoms with Crippen molar-refractivity contribution in [2.24, 2.45) is 0 Å². The molecule has 2 aromatic heterocycles. The van der Waals surface area contributed by atoms with Crippen LogP contribution < -0.4 is 0 Å². The van der Waals surface area contributed by atoms with Crippen molar-refractivity contribution in [3.8, 4) is 10.7 Å². The number of nitrogens with zero attached hydrogens (tertiary/aromatic N) is 2. The number of aryl methyl sites for hydroxylation is 1. The van der Waals surface area contributed by atoms with E-state index in [1.807, 2.05) is 10.8 Å². The summed E-state index contributed by atoms with van der Waals surface area (Å²) < 4.78 is 0. The molecule has 0 radical (unpaired) electrons. The molecule has 74 valence electrons. The number of thiazole rings is 2. The molecule has 0 amide bonds. The zero-order valence-corrected chi connectivity index (χ0v) is 9.36. The van der Waals surface area contributed by atoms with Crippen LogP contribution in [0.3, 0.4) is 0 Å². The lowest BCUT2D eigenvalue weighted by atomic mass is 10.4. The summed E-state index contributed by atoms with van der Waals surface area (Å²) in [6, 6.07) is 0. The molecule has 3 nitrogen and oxygen atoms in total. The number of hydrogen-bond acceptors (Lipinski definition) is 5. The molecule has 0 bridgehead atoms. The zero-order valence-electron chi connectivity index (χ0n) is 7.73. The molecule has 14 heavy (non-hydrogen) atoms. The molecular weight excluding hydrogens is 216 g/mol. The first-order chi connectivity index (χ1) is 6.83. The number of hydrogen-bond donors (Lipinski definition) is 1. The van der Waals surface area contributed by atoms with Gasteiger partial charge in [0.05, 0.1) is 17.3 Å². The molecule has 1 N–H and O–H groups in total. The van der Waals surface area contributed by atoms with E-state index in [4.69, 9.17) is 5.11 Å². The van der Waals surface area contributed by atoms with Crippen molar-refractivity contribution < 1.29 is 5.11 Å². The average Bonchev–Trinajstić information content (AvgIpc) is 2.86. The van der Waals surface area contributed by atoms with Gasteiger partial charge in [0.15, 0.2) is 0 Å². The van der Waals surface area contributed by atoms with Gasteiger partial charge in [0.2, 0.25) is 0 Å². The molecule has 0 saturated carbocycles. The molecule has 0 unspecified atom stereocenters. The van der Waals surface area contributed by atoms with E-state index in [1.165, 1.54) is 11.3 Å². The van der Waals surface area contributed by atoms with Crippen LogP contribution in [0.5, 0.6) is 0 Å². The Hall–Kier alpha value is -0.780. The summed E-state index contributed by atoms with van der Waals surface area (Å²) in [6.45, 7) is 2.09. The minimum atomic E-state index is 0.00126. The highest BCUT2D eigenvalue weighted by atomic mass is 32.1. The van der Waals surface area contributed by atoms with Crippen LogP contribution in [-0.2, 0) is 13.0 Å². The van der Waals surface area contributed by atoms with Crippen molar-refractivity contribution in [1.82, 2.24) is 9.97 Å². The standard InChI is InChI=1S/C9H10N2OS2/c1-2-8-11-7(5-13-8)9-10-6(3-12)4-14-9/h4-5,12H,2-3H2,1H3. The van der Waals surface area contributed by atoms with Crippen LogP contribution in [0.4, 0.5) is 0 Å². The second-order valence-electron chi connectivity index (χ2n) is 2.78. The maximum Gasteiger partial charge on any atom is 0.143 e. The van der Waals surface area contributed by atoms with Crippen LogP contribution in [-0.4, -0.2) is 15.1 Å². The van der Waals surface area contributed by atoms with Gasteiger partial charge in [-0.15, -0.1) is 22.7 Å². The van der Waals surface area contributed by atoms with E-state index in [0.29, 0.717) is 0 Å². The first-order valence-corrected chi connectivity index (χ1v) is 6.09. The number of aliphatic hydroxyl groups excluding tert-OH is 1. The Bertz CT molecular complexity index is 382. The Morgan fingerprint density at radius 1 is 1.29 bits per heavy atom. The van der Waals surface area contributed by atoms with Gasteiger partial charge in [-0.2, -0.15) is 0 Å². The molecule has 2 heterocycles. The summed E-state index contributed by atoms with van der Waals surface area (Å²) in [5.74, 6) is 0. The summed E-state index contributed by atoms with van der Waals surface area (Å²) in [7, 11) is 0. The van der Waals surface area contributed by atoms with Gasteiger partial charge in [-0.1, -0.05) is 6.92 Å². The molecule has 0 aliphatic rings. The summed E-state index contributed by atoms with van der Waals surface area (Å²) in [5, 5.41) is 14.8. The monoisotopic (exact) mass is 226 g/mol. The Morgan fingerprint density at radius 2 is 2.14 bits per heavy atom. The lowest BCUT2D eigenvalue weighted by Gasteiger charge is -1.87. The van der Waals surface area contributed by atoms with Crippen molar-refractivity contribution in [2.75, 3.05) is 0 Å². The van der Waals surface area contributed by atoms with Crippen molar-refractivity contribution in [3.63, 3.8) is 0 Å². The molecular formula is C9H10N2OS2. The molecule has 0 aliphatic heterocycles. The maximum absolute atomic E-state index is 8.88. The van der Waals surface area contributed by atoms with Crippen LogP contribution in [0, 0.1) is 0 Å². The number of aromatic nitrogens is 2. The molecule has 0 fully saturated rings. The average molecular weight is 226 g/mol. The van der Waals surface area contributed by atoms with Crippen LogP contribution in [0.15, 0.2) is 10.8 Å². The molecule has 0 aromatic carbocycles. The Balaban J connectivity index is 2.29. The van der Waals surface area contributed by atoms with Gasteiger partial charge in [-0.3, -0.25) is 0 Å². The zero-order chi connectivity index (χ0) is 9.97. The van der Waals surface area contributed by atoms with E-state index in [0.717, 1.165) is 27.8 Å². The van der Waals surface area contributed by atoms with E-state index in [1.54, 1.807) is 11.3 Å². The predicted molar refractivity (Wildman–Crippen MR) is 58.5 cm³/mol. The minimum Gasteiger partial charge on any atom is -0.390 e. The van der Waals surface area contributed by atoms with Crippen LogP contribution in [0.2, 0.25) is 0 Å². The van der Waals surface area contributed by atoms with Gasteiger partial charge >= 0.3 is 0 Å². The lowest BCUT2D eigenvalue weighted by Crippen LogP contribution is -1.83. The first-order valence-electron chi connectivity index (χ1n) is 4.33. The van der Waals surface area contributed by atoms with Gasteiger partial charge in [0.1, 0.15) is 10.7 Å². The molecule has 0 saturated heterocycles. The summed E-state index contributed by atoms with van der Waals surface area (Å²) >= 11 is 3.18. The second-order valence-corrected chi connectivity index (χ2v) is 4.58. The highest BCUT2D eigenvalue weighted by molar-refractivity contribution is 7.14. The SMILES string of the molecule is CCc1nc(-c2nc(CO)cs2)cs1. The maximum atomic E-state index is 8.88. The Labute approximate surface area is 90.1 Å². The topological polar surface area (TPSA) is 46.0 Å². The van der Waals surface area contributed by atoms with Crippen molar-refractivity contribution in [3.05, 3.63) is 21.5 Å². The van der Waals surface area contributed by atoms with Gasteiger partial charge in [0.25, 0.3) is 0 Å². The number of rotatable bonds is 3. The van der Waals surface area contributed by atoms with E-state index in [2.05, 4.69) is 16.9 Å². The number of aliphatic hydroxyl groups is 1. The van der Waals surface area contributed by atoms with Crippen molar-refractivity contribution >= 4 is 22.7 Å². The van der Waals surface area contributed by atoms with Crippen LogP contribution in [0.25, 0.3) is 10.7 Å². The summed E-state index contributed by atoms with van der Waals surface area (Å²) in [6.07, 6.45) is 0.961. The fraction of sp³-hybridized carbons (Fsp3) is 0.333. The lowest BCUT2D eigenvalue weighted by molar-refractivity contribution is 0.278. The van der Waals surface area contributed by atoms with Gasteiger partial charge < -0.3 is 5.11 Å². The molecule has 0 spiro atoms. The fourth-order valence-corrected chi connectivity index (χ4v) is 2.64. The normalized spacial score (nSPS) is 10.7. The predicted octanol–water partition coefficient (Wildman–Crippen LogP) is 2.32. The third-order valence-electron chi connectivity index (χ3n) is 1.79. The molecule has 5 heteroatoms. The van der Waals surface area contributed by atoms with Gasteiger partial charge in [0, 0.05) is 10.8 Å². The van der Waals surface area contributed by atoms with E-state index in [9.17, 15) is 0 Å². The fourth-order valence-electron chi connectivity index (χ4n) is 1.07. The van der Waals surface area contributed by atoms with E-state index >= 15 is 0 Å². The summed E-state index contributed by atoms with van der Waals surface area (Å²) in [5.41, 5.74) is 1.65. The quantitative estimate of drug-likeness (QED) is 0.873. The minimum absolute atomic E-state index is 0.00126.